The second-order valence-corrected chi connectivity index (χ2v) is 8.37. The third-order valence-corrected chi connectivity index (χ3v) is 5.83. The van der Waals surface area contributed by atoms with E-state index >= 15 is 0 Å². The van der Waals surface area contributed by atoms with Gasteiger partial charge in [-0.15, -0.1) is 5.10 Å². The number of aryl methyl sites for hydroxylation is 2. The summed E-state index contributed by atoms with van der Waals surface area (Å²) in [6.45, 7) is 4.09. The Labute approximate surface area is 163 Å². The average Bonchev–Trinajstić information content (AvgIpc) is 3.00. The summed E-state index contributed by atoms with van der Waals surface area (Å²) < 4.78 is 12.2. The molecule has 0 radical (unpaired) electrons. The minimum absolute atomic E-state index is 0.0219. The van der Waals surface area contributed by atoms with Gasteiger partial charge >= 0.3 is 15.6 Å². The van der Waals surface area contributed by atoms with Crippen molar-refractivity contribution in [2.45, 2.75) is 20.3 Å². The zero-order valence-corrected chi connectivity index (χ0v) is 17.1. The summed E-state index contributed by atoms with van der Waals surface area (Å²) in [7, 11) is 1.65. The lowest BCUT2D eigenvalue weighted by Crippen LogP contribution is -2.06. The van der Waals surface area contributed by atoms with E-state index in [4.69, 9.17) is 9.39 Å². The van der Waals surface area contributed by atoms with Crippen LogP contribution in [-0.2, 0) is 4.65 Å². The lowest BCUT2D eigenvalue weighted by Gasteiger charge is -2.06. The van der Waals surface area contributed by atoms with E-state index in [2.05, 4.69) is 32.5 Å². The highest BCUT2D eigenvalue weighted by Crippen LogP contribution is 2.27. The second kappa shape index (κ2) is 9.39. The van der Waals surface area contributed by atoms with Gasteiger partial charge < -0.3 is 9.39 Å². The third kappa shape index (κ3) is 5.58. The van der Waals surface area contributed by atoms with E-state index in [0.717, 1.165) is 23.4 Å². The van der Waals surface area contributed by atoms with Gasteiger partial charge in [0.05, 0.1) is 22.9 Å². The van der Waals surface area contributed by atoms with Gasteiger partial charge in [0.1, 0.15) is 6.20 Å². The zero-order valence-electron chi connectivity index (χ0n) is 14.1. The molecule has 2 aromatic heterocycles. The molecule has 0 aliphatic carbocycles. The molecule has 2 aromatic rings. The number of rotatable bonds is 9. The van der Waals surface area contributed by atoms with Crippen LogP contribution in [0.5, 0.6) is 5.88 Å². The normalized spacial score (nSPS) is 10.7. The van der Waals surface area contributed by atoms with Crippen molar-refractivity contribution in [1.82, 2.24) is 14.8 Å². The van der Waals surface area contributed by atoms with Crippen molar-refractivity contribution in [2.75, 3.05) is 19.5 Å². The molecule has 0 N–H and O–H groups in total. The molecule has 2 rings (SSSR count). The standard InChI is InChI=1S/C14H18BIN4O4S/c1-10-7-12(11(2)17-8-10)19-9-13(20(21)22)14(18-19)24-5-4-6-25-15(16)23-3/h7-9H,4-6H2,1-3H3. The SMILES string of the molecule is COB(I)SCCCOc1nn(-c2cc(C)cnc2C)cc1[N+](=O)[O-]. The Kier molecular flexibility index (Phi) is 7.50. The molecule has 0 bridgehead atoms. The van der Waals surface area contributed by atoms with Gasteiger partial charge in [-0.1, -0.05) is 22.4 Å². The highest BCUT2D eigenvalue weighted by molar-refractivity contribution is 14.1. The van der Waals surface area contributed by atoms with Crippen LogP contribution in [0.3, 0.4) is 0 Å². The Morgan fingerprint density at radius 3 is 2.92 bits per heavy atom. The molecular formula is C14H18BIN4O4S. The summed E-state index contributed by atoms with van der Waals surface area (Å²) in [5, 5.41) is 15.5. The van der Waals surface area contributed by atoms with Crippen molar-refractivity contribution < 1.29 is 14.3 Å². The smallest absolute Gasteiger partial charge is 0.434 e. The first-order valence-corrected chi connectivity index (χ1v) is 9.80. The van der Waals surface area contributed by atoms with E-state index in [1.807, 2.05) is 19.9 Å². The van der Waals surface area contributed by atoms with Crippen LogP contribution in [0.2, 0.25) is 0 Å². The molecule has 0 amide bonds. The summed E-state index contributed by atoms with van der Waals surface area (Å²) in [5.74, 6) is 0.852. The molecule has 0 fully saturated rings. The van der Waals surface area contributed by atoms with Crippen LogP contribution in [0.4, 0.5) is 5.69 Å². The van der Waals surface area contributed by atoms with Crippen LogP contribution in [-0.4, -0.2) is 43.2 Å². The Morgan fingerprint density at radius 2 is 2.24 bits per heavy atom. The van der Waals surface area contributed by atoms with Crippen molar-refractivity contribution in [3.05, 3.63) is 39.8 Å². The largest absolute Gasteiger partial charge is 0.472 e. The van der Waals surface area contributed by atoms with Gasteiger partial charge in [-0.05, 0) is 37.7 Å². The first kappa shape index (κ1) is 20.0. The Bertz CT molecular complexity index is 746. The summed E-state index contributed by atoms with van der Waals surface area (Å²) in [6, 6.07) is 1.88. The fourth-order valence-corrected chi connectivity index (χ4v) is 3.40. The molecule has 0 aliphatic rings. The molecule has 2 heterocycles. The maximum absolute atomic E-state index is 11.3. The number of aromatic nitrogens is 3. The van der Waals surface area contributed by atoms with E-state index in [1.165, 1.54) is 10.9 Å². The van der Waals surface area contributed by atoms with Crippen LogP contribution in [0.25, 0.3) is 5.69 Å². The maximum atomic E-state index is 11.3. The van der Waals surface area contributed by atoms with Crippen LogP contribution in [0.1, 0.15) is 17.7 Å². The number of nitro groups is 1. The minimum atomic E-state index is -0.488. The van der Waals surface area contributed by atoms with Gasteiger partial charge in [0.2, 0.25) is 0 Å². The number of hydrogen-bond donors (Lipinski definition) is 0. The molecule has 0 saturated heterocycles. The summed E-state index contributed by atoms with van der Waals surface area (Å²) in [6.07, 6.45) is 3.84. The van der Waals surface area contributed by atoms with Gasteiger partial charge in [-0.3, -0.25) is 15.1 Å². The van der Waals surface area contributed by atoms with Crippen LogP contribution >= 0.6 is 34.0 Å². The first-order chi connectivity index (χ1) is 11.9. The molecule has 0 aromatic carbocycles. The molecule has 0 atom stereocenters. The lowest BCUT2D eigenvalue weighted by atomic mass is 10.2. The van der Waals surface area contributed by atoms with Crippen LogP contribution in [0, 0.1) is 24.0 Å². The van der Waals surface area contributed by atoms with Crippen molar-refractivity contribution in [2.24, 2.45) is 0 Å². The number of nitrogens with zero attached hydrogens (tertiary/aromatic N) is 4. The topological polar surface area (TPSA) is 92.3 Å². The van der Waals surface area contributed by atoms with Gasteiger partial charge in [-0.2, -0.15) is 11.6 Å². The maximum Gasteiger partial charge on any atom is 0.434 e. The predicted octanol–water partition coefficient (Wildman–Crippen LogP) is 3.36. The summed E-state index contributed by atoms with van der Waals surface area (Å²) in [4.78, 5) is 15.0. The highest BCUT2D eigenvalue weighted by atomic mass is 127. The molecule has 11 heteroatoms. The molecule has 8 nitrogen and oxygen atoms in total. The molecule has 0 spiro atoms. The fourth-order valence-electron chi connectivity index (χ4n) is 2.03. The minimum Gasteiger partial charge on any atom is -0.472 e. The van der Waals surface area contributed by atoms with E-state index < -0.39 is 4.92 Å². The second-order valence-electron chi connectivity index (χ2n) is 5.22. The Balaban J connectivity index is 2.09. The molecule has 25 heavy (non-hydrogen) atoms. The Hall–Kier alpha value is -1.34. The number of pyridine rings is 1. The monoisotopic (exact) mass is 476 g/mol. The molecule has 0 unspecified atom stereocenters. The highest BCUT2D eigenvalue weighted by Gasteiger charge is 2.22. The number of halogens is 1. The van der Waals surface area contributed by atoms with Gasteiger partial charge in [0.15, 0.2) is 0 Å². The van der Waals surface area contributed by atoms with Gasteiger partial charge in [-0.25, -0.2) is 4.68 Å². The molecule has 0 saturated carbocycles. The van der Waals surface area contributed by atoms with Crippen LogP contribution < -0.4 is 4.74 Å². The average molecular weight is 476 g/mol. The predicted molar refractivity (Wildman–Crippen MR) is 107 cm³/mol. The van der Waals surface area contributed by atoms with Crippen LogP contribution in [0.15, 0.2) is 18.5 Å². The van der Waals surface area contributed by atoms with E-state index in [-0.39, 0.29) is 15.6 Å². The van der Waals surface area contributed by atoms with E-state index in [9.17, 15) is 10.1 Å². The van der Waals surface area contributed by atoms with E-state index in [1.54, 1.807) is 24.9 Å². The van der Waals surface area contributed by atoms with Crippen molar-refractivity contribution in [1.29, 1.82) is 0 Å². The van der Waals surface area contributed by atoms with Crippen molar-refractivity contribution >= 4 is 43.7 Å². The summed E-state index contributed by atoms with van der Waals surface area (Å²) >= 11 is 3.83. The fraction of sp³-hybridized carbons (Fsp3) is 0.429. The quantitative estimate of drug-likeness (QED) is 0.180. The lowest BCUT2D eigenvalue weighted by molar-refractivity contribution is -0.385. The first-order valence-electron chi connectivity index (χ1n) is 7.51. The summed E-state index contributed by atoms with van der Waals surface area (Å²) in [5.41, 5.74) is 2.22. The van der Waals surface area contributed by atoms with Crippen molar-refractivity contribution in [3.8, 4) is 11.6 Å². The van der Waals surface area contributed by atoms with Gasteiger partial charge in [0.25, 0.3) is 0 Å². The molecule has 0 aliphatic heterocycles. The van der Waals surface area contributed by atoms with Crippen molar-refractivity contribution in [3.63, 3.8) is 0 Å². The number of hydrogen-bond acceptors (Lipinski definition) is 7. The number of ether oxygens (including phenoxy) is 1. The Morgan fingerprint density at radius 1 is 1.48 bits per heavy atom. The molecular weight excluding hydrogens is 458 g/mol. The van der Waals surface area contributed by atoms with Gasteiger partial charge in [0, 0.05) is 13.3 Å². The third-order valence-electron chi connectivity index (χ3n) is 3.26. The molecule has 134 valence electrons. The zero-order chi connectivity index (χ0) is 18.4. The van der Waals surface area contributed by atoms with E-state index in [0.29, 0.717) is 12.3 Å².